The van der Waals surface area contributed by atoms with Crippen LogP contribution in [0.1, 0.15) is 26.3 Å². The molecule has 0 bridgehead atoms. The van der Waals surface area contributed by atoms with E-state index < -0.39 is 0 Å². The Labute approximate surface area is 110 Å². The Kier molecular flexibility index (Phi) is 3.29. The lowest BCUT2D eigenvalue weighted by atomic mass is 9.87. The Morgan fingerprint density at radius 3 is 2.47 bits per heavy atom. The minimum Gasteiger partial charge on any atom is -0.255 e. The maximum Gasteiger partial charge on any atom is 0.106 e. The van der Waals surface area contributed by atoms with E-state index in [-0.39, 0.29) is 5.41 Å². The second kappa shape index (κ2) is 4.57. The van der Waals surface area contributed by atoms with Gasteiger partial charge in [-0.2, -0.15) is 0 Å². The van der Waals surface area contributed by atoms with Crippen molar-refractivity contribution in [2.75, 3.05) is 0 Å². The molecule has 0 aliphatic heterocycles. The van der Waals surface area contributed by atoms with E-state index >= 15 is 0 Å². The van der Waals surface area contributed by atoms with Crippen LogP contribution >= 0.6 is 15.9 Å². The first-order valence-electron chi connectivity index (χ1n) is 5.56. The molecule has 0 saturated heterocycles. The van der Waals surface area contributed by atoms with E-state index in [1.165, 1.54) is 5.56 Å². The van der Waals surface area contributed by atoms with E-state index in [2.05, 4.69) is 58.8 Å². The topological polar surface area (TPSA) is 25.8 Å². The van der Waals surface area contributed by atoms with Gasteiger partial charge in [-0.25, -0.2) is 4.98 Å². The monoisotopic (exact) mass is 290 g/mol. The summed E-state index contributed by atoms with van der Waals surface area (Å²) in [5, 5.41) is 0. The first-order chi connectivity index (χ1) is 7.97. The zero-order chi connectivity index (χ0) is 12.5. The van der Waals surface area contributed by atoms with Crippen molar-refractivity contribution in [3.63, 3.8) is 0 Å². The van der Waals surface area contributed by atoms with Gasteiger partial charge in [0.25, 0.3) is 0 Å². The number of hydrogen-bond acceptors (Lipinski definition) is 2. The molecule has 0 amide bonds. The van der Waals surface area contributed by atoms with Crippen LogP contribution in [0.5, 0.6) is 0 Å². The predicted octanol–water partition coefficient (Wildman–Crippen LogP) is 4.20. The van der Waals surface area contributed by atoms with E-state index in [1.54, 1.807) is 0 Å². The third kappa shape index (κ3) is 2.91. The highest BCUT2D eigenvalue weighted by atomic mass is 79.9. The smallest absolute Gasteiger partial charge is 0.106 e. The summed E-state index contributed by atoms with van der Waals surface area (Å²) < 4.78 is 0.831. The summed E-state index contributed by atoms with van der Waals surface area (Å²) in [5.74, 6) is 0. The number of hydrogen-bond donors (Lipinski definition) is 0. The highest BCUT2D eigenvalue weighted by molar-refractivity contribution is 9.10. The molecule has 2 rings (SSSR count). The van der Waals surface area contributed by atoms with Gasteiger partial charge >= 0.3 is 0 Å². The zero-order valence-corrected chi connectivity index (χ0v) is 11.8. The first kappa shape index (κ1) is 12.2. The van der Waals surface area contributed by atoms with Gasteiger partial charge < -0.3 is 0 Å². The van der Waals surface area contributed by atoms with Gasteiger partial charge in [0.1, 0.15) is 4.60 Å². The average Bonchev–Trinajstić information content (AvgIpc) is 2.28. The van der Waals surface area contributed by atoms with E-state index in [0.29, 0.717) is 0 Å². The molecule has 2 aromatic heterocycles. The van der Waals surface area contributed by atoms with E-state index in [1.807, 2.05) is 24.4 Å². The van der Waals surface area contributed by atoms with Gasteiger partial charge in [0, 0.05) is 6.20 Å². The largest absolute Gasteiger partial charge is 0.255 e. The van der Waals surface area contributed by atoms with Gasteiger partial charge in [-0.1, -0.05) is 26.8 Å². The number of nitrogens with zero attached hydrogens (tertiary/aromatic N) is 2. The van der Waals surface area contributed by atoms with Crippen LogP contribution in [-0.2, 0) is 5.41 Å². The average molecular weight is 291 g/mol. The number of rotatable bonds is 1. The molecule has 88 valence electrons. The fourth-order valence-corrected chi connectivity index (χ4v) is 1.93. The Morgan fingerprint density at radius 1 is 1.06 bits per heavy atom. The van der Waals surface area contributed by atoms with Gasteiger partial charge in [0.05, 0.1) is 11.4 Å². The van der Waals surface area contributed by atoms with Gasteiger partial charge in [0.2, 0.25) is 0 Å². The zero-order valence-electron chi connectivity index (χ0n) is 10.2. The third-order valence-electron chi connectivity index (χ3n) is 2.60. The summed E-state index contributed by atoms with van der Waals surface area (Å²) >= 11 is 3.38. The SMILES string of the molecule is CC(C)(C)c1ccnc(-c2cccc(Br)n2)c1. The molecule has 0 fully saturated rings. The lowest BCUT2D eigenvalue weighted by molar-refractivity contribution is 0.589. The van der Waals surface area contributed by atoms with E-state index in [4.69, 9.17) is 0 Å². The van der Waals surface area contributed by atoms with Crippen LogP contribution < -0.4 is 0 Å². The van der Waals surface area contributed by atoms with E-state index in [9.17, 15) is 0 Å². The molecule has 0 radical (unpaired) electrons. The maximum atomic E-state index is 4.42. The molecular weight excluding hydrogens is 276 g/mol. The Balaban J connectivity index is 2.47. The second-order valence-corrected chi connectivity index (χ2v) is 5.84. The summed E-state index contributed by atoms with van der Waals surface area (Å²) in [6.45, 7) is 6.58. The van der Waals surface area contributed by atoms with Crippen LogP contribution in [-0.4, -0.2) is 9.97 Å². The summed E-state index contributed by atoms with van der Waals surface area (Å²) in [6, 6.07) is 10.0. The third-order valence-corrected chi connectivity index (χ3v) is 3.05. The highest BCUT2D eigenvalue weighted by Gasteiger charge is 2.14. The normalized spacial score (nSPS) is 11.5. The Morgan fingerprint density at radius 2 is 1.82 bits per heavy atom. The molecular formula is C14H15BrN2. The van der Waals surface area contributed by atoms with Crippen LogP contribution in [0.2, 0.25) is 0 Å². The standard InChI is InChI=1S/C14H15BrN2/c1-14(2,3)10-7-8-16-12(9-10)11-5-4-6-13(15)17-11/h4-9H,1-3H3. The molecule has 0 atom stereocenters. The minimum atomic E-state index is 0.129. The van der Waals surface area contributed by atoms with Crippen molar-refractivity contribution in [2.45, 2.75) is 26.2 Å². The van der Waals surface area contributed by atoms with Crippen molar-refractivity contribution in [1.82, 2.24) is 9.97 Å². The van der Waals surface area contributed by atoms with Crippen molar-refractivity contribution in [2.24, 2.45) is 0 Å². The van der Waals surface area contributed by atoms with Crippen molar-refractivity contribution >= 4 is 15.9 Å². The van der Waals surface area contributed by atoms with Crippen LogP contribution in [0.3, 0.4) is 0 Å². The van der Waals surface area contributed by atoms with Crippen molar-refractivity contribution in [1.29, 1.82) is 0 Å². The molecule has 0 aliphatic rings. The molecule has 2 nitrogen and oxygen atoms in total. The lowest BCUT2D eigenvalue weighted by Crippen LogP contribution is -2.11. The van der Waals surface area contributed by atoms with Gasteiger partial charge in [-0.3, -0.25) is 4.98 Å². The molecule has 0 saturated carbocycles. The van der Waals surface area contributed by atoms with E-state index in [0.717, 1.165) is 16.0 Å². The van der Waals surface area contributed by atoms with Crippen molar-refractivity contribution in [3.05, 3.63) is 46.7 Å². The van der Waals surface area contributed by atoms with Crippen molar-refractivity contribution in [3.8, 4) is 11.4 Å². The van der Waals surface area contributed by atoms with Crippen LogP contribution in [0.25, 0.3) is 11.4 Å². The first-order valence-corrected chi connectivity index (χ1v) is 6.35. The van der Waals surface area contributed by atoms with Crippen LogP contribution in [0.4, 0.5) is 0 Å². The molecule has 0 aliphatic carbocycles. The second-order valence-electron chi connectivity index (χ2n) is 5.03. The molecule has 0 aromatic carbocycles. The summed E-state index contributed by atoms with van der Waals surface area (Å²) in [4.78, 5) is 8.80. The lowest BCUT2D eigenvalue weighted by Gasteiger charge is -2.19. The number of aromatic nitrogens is 2. The van der Waals surface area contributed by atoms with Gasteiger partial charge in [-0.15, -0.1) is 0 Å². The van der Waals surface area contributed by atoms with Crippen LogP contribution in [0.15, 0.2) is 41.1 Å². The maximum absolute atomic E-state index is 4.42. The molecule has 0 spiro atoms. The van der Waals surface area contributed by atoms with Gasteiger partial charge in [-0.05, 0) is 51.2 Å². The predicted molar refractivity (Wildman–Crippen MR) is 73.9 cm³/mol. The fraction of sp³-hybridized carbons (Fsp3) is 0.286. The molecule has 2 heterocycles. The Hall–Kier alpha value is -1.22. The Bertz CT molecular complexity index is 530. The van der Waals surface area contributed by atoms with Crippen LogP contribution in [0, 0.1) is 0 Å². The number of pyridine rings is 2. The fourth-order valence-electron chi connectivity index (χ4n) is 1.59. The summed E-state index contributed by atoms with van der Waals surface area (Å²) in [5.41, 5.74) is 3.21. The molecule has 0 N–H and O–H groups in total. The quantitative estimate of drug-likeness (QED) is 0.736. The highest BCUT2D eigenvalue weighted by Crippen LogP contribution is 2.25. The van der Waals surface area contributed by atoms with Gasteiger partial charge in [0.15, 0.2) is 0 Å². The molecule has 2 aromatic rings. The summed E-state index contributed by atoms with van der Waals surface area (Å²) in [7, 11) is 0. The molecule has 17 heavy (non-hydrogen) atoms. The summed E-state index contributed by atoms with van der Waals surface area (Å²) in [6.07, 6.45) is 1.85. The van der Waals surface area contributed by atoms with Crippen molar-refractivity contribution < 1.29 is 0 Å². The molecule has 0 unspecified atom stereocenters. The molecule has 3 heteroatoms. The number of halogens is 1. The minimum absolute atomic E-state index is 0.129.